The monoisotopic (exact) mass is 325 g/mol. The van der Waals surface area contributed by atoms with E-state index in [-0.39, 0.29) is 23.7 Å². The van der Waals surface area contributed by atoms with Gasteiger partial charge < -0.3 is 19.4 Å². The van der Waals surface area contributed by atoms with Crippen molar-refractivity contribution in [3.8, 4) is 11.5 Å². The van der Waals surface area contributed by atoms with E-state index in [4.69, 9.17) is 9.47 Å². The van der Waals surface area contributed by atoms with Gasteiger partial charge in [-0.1, -0.05) is 12.1 Å². The van der Waals surface area contributed by atoms with Crippen LogP contribution in [0, 0.1) is 0 Å². The van der Waals surface area contributed by atoms with E-state index in [0.29, 0.717) is 5.56 Å². The highest BCUT2D eigenvalue weighted by molar-refractivity contribution is 5.89. The Bertz CT molecular complexity index is 711. The van der Waals surface area contributed by atoms with Crippen molar-refractivity contribution in [2.24, 2.45) is 0 Å². The minimum Gasteiger partial charge on any atom is -0.545 e. The van der Waals surface area contributed by atoms with Gasteiger partial charge in [0.05, 0.1) is 18.6 Å². The van der Waals surface area contributed by atoms with Crippen LogP contribution in [0.1, 0.15) is 21.5 Å². The molecule has 2 aromatic rings. The standard InChI is InChI=1S/C16H13F3O4/c1-22-14-8-12(5-6-13(14)15(20)21)23-9-10-3-2-4-11(7-10)16(17,18)19/h2-8H,9H2,1H3,(H,20,21)/p-1. The first kappa shape index (κ1) is 16.7. The maximum atomic E-state index is 12.6. The summed E-state index contributed by atoms with van der Waals surface area (Å²) in [7, 11) is 1.29. The van der Waals surface area contributed by atoms with Gasteiger partial charge in [-0.3, -0.25) is 0 Å². The Hall–Kier alpha value is -2.70. The lowest BCUT2D eigenvalue weighted by molar-refractivity contribution is -0.255. The summed E-state index contributed by atoms with van der Waals surface area (Å²) in [6.07, 6.45) is -4.42. The Morgan fingerprint density at radius 2 is 1.91 bits per heavy atom. The molecule has 2 rings (SSSR count). The van der Waals surface area contributed by atoms with Gasteiger partial charge in [0, 0.05) is 11.6 Å². The Kier molecular flexibility index (Phi) is 4.78. The molecule has 0 aliphatic heterocycles. The number of rotatable bonds is 5. The van der Waals surface area contributed by atoms with Crippen LogP contribution in [0.25, 0.3) is 0 Å². The lowest BCUT2D eigenvalue weighted by Crippen LogP contribution is -2.22. The molecule has 2 aromatic carbocycles. The summed E-state index contributed by atoms with van der Waals surface area (Å²) in [5.74, 6) is -1.08. The number of aromatic carboxylic acids is 1. The maximum absolute atomic E-state index is 12.6. The number of carboxylic acid groups (broad SMARTS) is 1. The van der Waals surface area contributed by atoms with Gasteiger partial charge in [0.15, 0.2) is 0 Å². The molecular formula is C16H12F3O4-. The third-order valence-electron chi connectivity index (χ3n) is 3.05. The number of carboxylic acids is 1. The van der Waals surface area contributed by atoms with Gasteiger partial charge in [0.25, 0.3) is 0 Å². The highest BCUT2D eigenvalue weighted by Crippen LogP contribution is 2.30. The van der Waals surface area contributed by atoms with Crippen molar-refractivity contribution in [2.45, 2.75) is 12.8 Å². The molecule has 0 saturated carbocycles. The average Bonchev–Trinajstić information content (AvgIpc) is 2.52. The second-order valence-corrected chi connectivity index (χ2v) is 4.64. The molecule has 0 radical (unpaired) electrons. The number of hydrogen-bond acceptors (Lipinski definition) is 4. The smallest absolute Gasteiger partial charge is 0.416 e. The number of alkyl halides is 3. The third kappa shape index (κ3) is 4.15. The molecule has 0 aliphatic carbocycles. The lowest BCUT2D eigenvalue weighted by Gasteiger charge is -2.13. The van der Waals surface area contributed by atoms with Crippen molar-refractivity contribution >= 4 is 5.97 Å². The van der Waals surface area contributed by atoms with Gasteiger partial charge in [-0.25, -0.2) is 0 Å². The SMILES string of the molecule is COc1cc(OCc2cccc(C(F)(F)F)c2)ccc1C(=O)[O-]. The molecule has 0 aromatic heterocycles. The van der Waals surface area contributed by atoms with Crippen LogP contribution in [-0.2, 0) is 12.8 Å². The maximum Gasteiger partial charge on any atom is 0.416 e. The molecule has 0 amide bonds. The molecule has 7 heteroatoms. The molecular weight excluding hydrogens is 313 g/mol. The van der Waals surface area contributed by atoms with E-state index in [2.05, 4.69) is 0 Å². The van der Waals surface area contributed by atoms with Gasteiger partial charge in [0.1, 0.15) is 18.1 Å². The highest BCUT2D eigenvalue weighted by atomic mass is 19.4. The quantitative estimate of drug-likeness (QED) is 0.848. The number of carbonyl (C=O) groups is 1. The second-order valence-electron chi connectivity index (χ2n) is 4.64. The molecule has 0 spiro atoms. The Labute approximate surface area is 130 Å². The number of carbonyl (C=O) groups excluding carboxylic acids is 1. The average molecular weight is 325 g/mol. The van der Waals surface area contributed by atoms with Gasteiger partial charge >= 0.3 is 6.18 Å². The molecule has 0 heterocycles. The number of methoxy groups -OCH3 is 1. The van der Waals surface area contributed by atoms with Crippen LogP contribution in [0.3, 0.4) is 0 Å². The fraction of sp³-hybridized carbons (Fsp3) is 0.188. The first-order chi connectivity index (χ1) is 10.8. The number of benzene rings is 2. The van der Waals surface area contributed by atoms with Crippen molar-refractivity contribution in [1.82, 2.24) is 0 Å². The summed E-state index contributed by atoms with van der Waals surface area (Å²) in [6, 6.07) is 8.72. The zero-order valence-corrected chi connectivity index (χ0v) is 12.0. The molecule has 0 fully saturated rings. The Morgan fingerprint density at radius 1 is 1.17 bits per heavy atom. The lowest BCUT2D eigenvalue weighted by atomic mass is 10.1. The zero-order chi connectivity index (χ0) is 17.0. The highest BCUT2D eigenvalue weighted by Gasteiger charge is 2.30. The molecule has 0 atom stereocenters. The Morgan fingerprint density at radius 3 is 2.52 bits per heavy atom. The summed E-state index contributed by atoms with van der Waals surface area (Å²) in [4.78, 5) is 10.9. The van der Waals surface area contributed by atoms with Crippen LogP contribution in [0.4, 0.5) is 13.2 Å². The first-order valence-corrected chi connectivity index (χ1v) is 6.49. The molecule has 0 bridgehead atoms. The number of halogens is 3. The molecule has 23 heavy (non-hydrogen) atoms. The van der Waals surface area contributed by atoms with Crippen molar-refractivity contribution in [1.29, 1.82) is 0 Å². The van der Waals surface area contributed by atoms with E-state index in [9.17, 15) is 23.1 Å². The van der Waals surface area contributed by atoms with Crippen LogP contribution in [0.2, 0.25) is 0 Å². The van der Waals surface area contributed by atoms with E-state index in [1.54, 1.807) is 0 Å². The summed E-state index contributed by atoms with van der Waals surface area (Å²) in [6.45, 7) is -0.0995. The molecule has 0 N–H and O–H groups in total. The van der Waals surface area contributed by atoms with Crippen molar-refractivity contribution in [3.05, 3.63) is 59.2 Å². The predicted molar refractivity (Wildman–Crippen MR) is 73.1 cm³/mol. The molecule has 0 saturated heterocycles. The zero-order valence-electron chi connectivity index (χ0n) is 12.0. The van der Waals surface area contributed by atoms with Crippen LogP contribution < -0.4 is 14.6 Å². The molecule has 0 aliphatic rings. The fourth-order valence-electron chi connectivity index (χ4n) is 1.93. The van der Waals surface area contributed by atoms with Crippen LogP contribution in [0.15, 0.2) is 42.5 Å². The van der Waals surface area contributed by atoms with Gasteiger partial charge in [-0.2, -0.15) is 13.2 Å². The van der Waals surface area contributed by atoms with Gasteiger partial charge in [-0.15, -0.1) is 0 Å². The molecule has 0 unspecified atom stereocenters. The fourth-order valence-corrected chi connectivity index (χ4v) is 1.93. The van der Waals surface area contributed by atoms with Crippen molar-refractivity contribution in [2.75, 3.05) is 7.11 Å². The summed E-state index contributed by atoms with van der Waals surface area (Å²) >= 11 is 0. The largest absolute Gasteiger partial charge is 0.545 e. The third-order valence-corrected chi connectivity index (χ3v) is 3.05. The van der Waals surface area contributed by atoms with Crippen LogP contribution in [0.5, 0.6) is 11.5 Å². The first-order valence-electron chi connectivity index (χ1n) is 6.49. The second kappa shape index (κ2) is 6.60. The van der Waals surface area contributed by atoms with Crippen molar-refractivity contribution in [3.63, 3.8) is 0 Å². The van der Waals surface area contributed by atoms with E-state index in [0.717, 1.165) is 12.1 Å². The minimum atomic E-state index is -4.42. The molecule has 122 valence electrons. The minimum absolute atomic E-state index is 0.0477. The number of hydrogen-bond donors (Lipinski definition) is 0. The normalized spacial score (nSPS) is 11.1. The van der Waals surface area contributed by atoms with Gasteiger partial charge in [0.2, 0.25) is 0 Å². The van der Waals surface area contributed by atoms with Crippen LogP contribution in [-0.4, -0.2) is 13.1 Å². The van der Waals surface area contributed by atoms with Gasteiger partial charge in [-0.05, 0) is 29.8 Å². The van der Waals surface area contributed by atoms with E-state index in [1.165, 1.54) is 37.4 Å². The van der Waals surface area contributed by atoms with E-state index in [1.807, 2.05) is 0 Å². The summed E-state index contributed by atoms with van der Waals surface area (Å²) in [5, 5.41) is 10.9. The Balaban J connectivity index is 2.14. The van der Waals surface area contributed by atoms with E-state index < -0.39 is 17.7 Å². The number of ether oxygens (including phenoxy) is 2. The molecule has 4 nitrogen and oxygen atoms in total. The summed E-state index contributed by atoms with van der Waals surface area (Å²) < 4.78 is 48.2. The summed E-state index contributed by atoms with van der Waals surface area (Å²) in [5.41, 5.74) is -0.565. The van der Waals surface area contributed by atoms with Crippen molar-refractivity contribution < 1.29 is 32.5 Å². The topological polar surface area (TPSA) is 58.6 Å². The van der Waals surface area contributed by atoms with E-state index >= 15 is 0 Å². The predicted octanol–water partition coefficient (Wildman–Crippen LogP) is 2.66. The van der Waals surface area contributed by atoms with Crippen LogP contribution >= 0.6 is 0 Å².